The van der Waals surface area contributed by atoms with Gasteiger partial charge < -0.3 is 15.2 Å². The van der Waals surface area contributed by atoms with Gasteiger partial charge in [-0.05, 0) is 92.6 Å². The van der Waals surface area contributed by atoms with Crippen LogP contribution in [0.4, 0.5) is 4.39 Å². The molecule has 1 aromatic heterocycles. The first kappa shape index (κ1) is 28.7. The summed E-state index contributed by atoms with van der Waals surface area (Å²) in [6.45, 7) is 5.62. The molecule has 1 saturated heterocycles. The molecule has 3 aromatic rings. The van der Waals surface area contributed by atoms with E-state index in [1.165, 1.54) is 26.1 Å². The van der Waals surface area contributed by atoms with Crippen LogP contribution in [0.1, 0.15) is 61.0 Å². The second-order valence-corrected chi connectivity index (χ2v) is 11.8. The molecular weight excluding hydrogens is 517 g/mol. The van der Waals surface area contributed by atoms with Crippen LogP contribution < -0.4 is 10.9 Å². The molecule has 5 rings (SSSR count). The number of carbonyl (C=O) groups is 2. The summed E-state index contributed by atoms with van der Waals surface area (Å²) >= 11 is 0. The zero-order valence-electron chi connectivity index (χ0n) is 23.8. The standard InChI is InChI=1S/C34H38FN3O3/c1-33(2,35)23-37-32(41)34(28-13-5-3-10-25(28)26-11-4-6-14-29(26)34)18-7-8-20-38-21-17-24(22-38)15-16-30(39)27-12-9-19-36-31(27)40/h3-6,9-16,19,24H,7-8,17-18,20-23H2,1-2H3,(H,36,40)(H,37,41)/b16-15-. The fourth-order valence-electron chi connectivity index (χ4n) is 6.27. The average Bonchev–Trinajstić information content (AvgIpc) is 3.54. The van der Waals surface area contributed by atoms with Crippen molar-refractivity contribution in [3.63, 3.8) is 0 Å². The number of unbranched alkanes of at least 4 members (excludes halogenated alkanes) is 1. The number of benzene rings is 2. The molecule has 6 nitrogen and oxygen atoms in total. The molecule has 1 fully saturated rings. The van der Waals surface area contributed by atoms with Gasteiger partial charge in [0.05, 0.1) is 12.1 Å². The Morgan fingerprint density at radius 2 is 1.73 bits per heavy atom. The Morgan fingerprint density at radius 3 is 2.39 bits per heavy atom. The van der Waals surface area contributed by atoms with Gasteiger partial charge in [-0.3, -0.25) is 14.4 Å². The minimum atomic E-state index is -1.50. The predicted molar refractivity (Wildman–Crippen MR) is 160 cm³/mol. The normalized spacial score (nSPS) is 17.9. The van der Waals surface area contributed by atoms with E-state index < -0.39 is 11.1 Å². The van der Waals surface area contributed by atoms with Crippen molar-refractivity contribution in [1.82, 2.24) is 15.2 Å². The highest BCUT2D eigenvalue weighted by molar-refractivity contribution is 6.04. The van der Waals surface area contributed by atoms with E-state index in [1.807, 2.05) is 42.5 Å². The number of halogens is 1. The molecule has 1 aliphatic heterocycles. The van der Waals surface area contributed by atoms with E-state index in [1.54, 1.807) is 12.1 Å². The highest BCUT2D eigenvalue weighted by atomic mass is 19.1. The first-order valence-corrected chi connectivity index (χ1v) is 14.5. The SMILES string of the molecule is CC(C)(F)CNC(=O)C1(CCCCN2CCC(/C=C\C(=O)c3ccc[nH]c3=O)C2)c2ccccc2-c2ccccc21. The number of rotatable bonds is 11. The summed E-state index contributed by atoms with van der Waals surface area (Å²) < 4.78 is 14.4. The Kier molecular flexibility index (Phi) is 8.36. The van der Waals surface area contributed by atoms with Crippen LogP contribution in [0, 0.1) is 5.92 Å². The molecule has 0 radical (unpaired) electrons. The van der Waals surface area contributed by atoms with E-state index in [9.17, 15) is 18.8 Å². The van der Waals surface area contributed by atoms with E-state index in [0.717, 1.165) is 61.2 Å². The van der Waals surface area contributed by atoms with Crippen molar-refractivity contribution in [2.24, 2.45) is 5.92 Å². The first-order valence-electron chi connectivity index (χ1n) is 14.5. The number of allylic oxidation sites excluding steroid dienone is 1. The summed E-state index contributed by atoms with van der Waals surface area (Å²) in [4.78, 5) is 43.2. The van der Waals surface area contributed by atoms with Gasteiger partial charge in [0, 0.05) is 12.7 Å². The number of pyridine rings is 1. The van der Waals surface area contributed by atoms with E-state index >= 15 is 0 Å². The van der Waals surface area contributed by atoms with Crippen molar-refractivity contribution in [2.75, 3.05) is 26.2 Å². The lowest BCUT2D eigenvalue weighted by atomic mass is 9.73. The fraction of sp³-hybridized carbons (Fsp3) is 0.382. The number of aromatic nitrogens is 1. The molecule has 1 atom stereocenters. The molecule has 214 valence electrons. The zero-order valence-corrected chi connectivity index (χ0v) is 23.8. The van der Waals surface area contributed by atoms with Gasteiger partial charge >= 0.3 is 0 Å². The predicted octanol–water partition coefficient (Wildman–Crippen LogP) is 5.44. The maximum absolute atomic E-state index is 14.4. The molecule has 1 amide bonds. The van der Waals surface area contributed by atoms with Crippen molar-refractivity contribution in [3.05, 3.63) is 106 Å². The van der Waals surface area contributed by atoms with E-state index in [4.69, 9.17) is 0 Å². The van der Waals surface area contributed by atoms with Crippen molar-refractivity contribution >= 4 is 11.7 Å². The van der Waals surface area contributed by atoms with Crippen LogP contribution >= 0.6 is 0 Å². The summed E-state index contributed by atoms with van der Waals surface area (Å²) in [6, 6.07) is 19.4. The van der Waals surface area contributed by atoms with Gasteiger partial charge in [-0.25, -0.2) is 4.39 Å². The lowest BCUT2D eigenvalue weighted by Gasteiger charge is -2.32. The van der Waals surface area contributed by atoms with Gasteiger partial charge in [0.25, 0.3) is 5.56 Å². The number of aromatic amines is 1. The van der Waals surface area contributed by atoms with Gasteiger partial charge in [0.2, 0.25) is 5.91 Å². The lowest BCUT2D eigenvalue weighted by molar-refractivity contribution is -0.126. The highest BCUT2D eigenvalue weighted by Gasteiger charge is 2.48. The van der Waals surface area contributed by atoms with Crippen LogP contribution in [0.5, 0.6) is 0 Å². The summed E-state index contributed by atoms with van der Waals surface area (Å²) in [5.74, 6) is -0.160. The molecule has 0 saturated carbocycles. The third-order valence-electron chi connectivity index (χ3n) is 8.31. The zero-order chi connectivity index (χ0) is 29.0. The number of amides is 1. The molecule has 2 aliphatic rings. The number of carbonyl (C=O) groups excluding carboxylic acids is 2. The smallest absolute Gasteiger partial charge is 0.259 e. The molecule has 1 aliphatic carbocycles. The van der Waals surface area contributed by atoms with Crippen LogP contribution in [0.3, 0.4) is 0 Å². The minimum absolute atomic E-state index is 0.0399. The molecule has 0 bridgehead atoms. The largest absolute Gasteiger partial charge is 0.352 e. The summed E-state index contributed by atoms with van der Waals surface area (Å²) in [5, 5.41) is 2.93. The number of hydrogen-bond acceptors (Lipinski definition) is 4. The number of alkyl halides is 1. The van der Waals surface area contributed by atoms with E-state index in [-0.39, 0.29) is 35.3 Å². The quantitative estimate of drug-likeness (QED) is 0.188. The molecule has 2 heterocycles. The second kappa shape index (κ2) is 12.0. The molecule has 1 unspecified atom stereocenters. The van der Waals surface area contributed by atoms with Crippen molar-refractivity contribution in [1.29, 1.82) is 0 Å². The number of likely N-dealkylation sites (tertiary alicyclic amines) is 1. The van der Waals surface area contributed by atoms with Crippen LogP contribution in [-0.4, -0.2) is 53.4 Å². The number of nitrogens with zero attached hydrogens (tertiary/aromatic N) is 1. The van der Waals surface area contributed by atoms with Crippen LogP contribution in [0.15, 0.2) is 83.8 Å². The molecule has 0 spiro atoms. The Labute approximate surface area is 240 Å². The third kappa shape index (κ3) is 6.10. The maximum Gasteiger partial charge on any atom is 0.259 e. The number of hydrogen-bond donors (Lipinski definition) is 2. The Morgan fingerprint density at radius 1 is 1.05 bits per heavy atom. The van der Waals surface area contributed by atoms with Crippen LogP contribution in [0.2, 0.25) is 0 Å². The molecular formula is C34H38FN3O3. The van der Waals surface area contributed by atoms with E-state index in [0.29, 0.717) is 6.42 Å². The number of fused-ring (bicyclic) bond motifs is 3. The summed E-state index contributed by atoms with van der Waals surface area (Å²) in [6.07, 6.45) is 8.31. The van der Waals surface area contributed by atoms with Gasteiger partial charge in [0.15, 0.2) is 5.78 Å². The Hall–Kier alpha value is -3.84. The topological polar surface area (TPSA) is 82.3 Å². The van der Waals surface area contributed by atoms with Gasteiger partial charge in [0.1, 0.15) is 11.1 Å². The second-order valence-electron chi connectivity index (χ2n) is 11.8. The minimum Gasteiger partial charge on any atom is -0.352 e. The van der Waals surface area contributed by atoms with Crippen molar-refractivity contribution in [2.45, 2.75) is 50.6 Å². The van der Waals surface area contributed by atoms with Crippen molar-refractivity contribution < 1.29 is 14.0 Å². The Bertz CT molecular complexity index is 1460. The van der Waals surface area contributed by atoms with Gasteiger partial charge in [-0.1, -0.05) is 61.0 Å². The lowest BCUT2D eigenvalue weighted by Crippen LogP contribution is -2.47. The summed E-state index contributed by atoms with van der Waals surface area (Å²) in [7, 11) is 0. The monoisotopic (exact) mass is 555 g/mol. The highest BCUT2D eigenvalue weighted by Crippen LogP contribution is 2.51. The molecule has 2 N–H and O–H groups in total. The summed E-state index contributed by atoms with van der Waals surface area (Å²) in [5.41, 5.74) is 1.54. The molecule has 7 heteroatoms. The average molecular weight is 556 g/mol. The van der Waals surface area contributed by atoms with Crippen molar-refractivity contribution in [3.8, 4) is 11.1 Å². The third-order valence-corrected chi connectivity index (χ3v) is 8.31. The van der Waals surface area contributed by atoms with Crippen LogP contribution in [0.25, 0.3) is 11.1 Å². The molecule has 2 aromatic carbocycles. The van der Waals surface area contributed by atoms with E-state index in [2.05, 4.69) is 27.3 Å². The van der Waals surface area contributed by atoms with Gasteiger partial charge in [-0.15, -0.1) is 0 Å². The maximum atomic E-state index is 14.4. The Balaban J connectivity index is 1.24. The number of nitrogens with one attached hydrogen (secondary N) is 2. The van der Waals surface area contributed by atoms with Crippen LogP contribution in [-0.2, 0) is 10.2 Å². The molecule has 41 heavy (non-hydrogen) atoms. The number of ketones is 1. The first-order chi connectivity index (χ1) is 19.7. The fourth-order valence-corrected chi connectivity index (χ4v) is 6.27. The van der Waals surface area contributed by atoms with Gasteiger partial charge in [-0.2, -0.15) is 0 Å². The number of H-pyrrole nitrogens is 1.